The summed E-state index contributed by atoms with van der Waals surface area (Å²) < 4.78 is 49.6. The van der Waals surface area contributed by atoms with Gasteiger partial charge in [0.25, 0.3) is 0 Å². The molecule has 0 aliphatic heterocycles. The molecule has 12 heteroatoms. The average Bonchev–Trinajstić information content (AvgIpc) is 3.74. The number of alkyl halides is 3. The monoisotopic (exact) mass is 784 g/mol. The number of benzene rings is 4. The van der Waals surface area contributed by atoms with Crippen LogP contribution in [0.2, 0.25) is 5.02 Å². The van der Waals surface area contributed by atoms with Crippen LogP contribution in [0.25, 0.3) is 28.2 Å². The van der Waals surface area contributed by atoms with Gasteiger partial charge in [0.1, 0.15) is 11.2 Å². The number of nitrogens with one attached hydrogen (secondary N) is 1. The minimum atomic E-state index is -4.79. The van der Waals surface area contributed by atoms with Crippen LogP contribution in [0.3, 0.4) is 0 Å². The normalized spacial score (nSPS) is 15.7. The van der Waals surface area contributed by atoms with Crippen LogP contribution < -0.4 is 10.1 Å². The topological polar surface area (TPSA) is 78.3 Å². The number of rotatable bonds is 15. The van der Waals surface area contributed by atoms with E-state index in [4.69, 9.17) is 16.3 Å². The Balaban J connectivity index is 1.04. The lowest BCUT2D eigenvalue weighted by Gasteiger charge is -2.31. The van der Waals surface area contributed by atoms with E-state index in [-0.39, 0.29) is 17.8 Å². The molecular weight excluding hydrogens is 745 g/mol. The van der Waals surface area contributed by atoms with Gasteiger partial charge >= 0.3 is 6.36 Å². The minimum absolute atomic E-state index is 0.0211. The highest BCUT2D eigenvalue weighted by Crippen LogP contribution is 2.51. The predicted molar refractivity (Wildman–Crippen MR) is 211 cm³/mol. The first-order valence-corrected chi connectivity index (χ1v) is 19.6. The number of ether oxygens (including phenoxy) is 2. The van der Waals surface area contributed by atoms with Crippen LogP contribution in [0.4, 0.5) is 13.2 Å². The third-order valence-electron chi connectivity index (χ3n) is 10.1. The summed E-state index contributed by atoms with van der Waals surface area (Å²) in [5.74, 6) is 0.859. The molecule has 0 fully saturated rings. The maximum atomic E-state index is 14.5. The number of methoxy groups -OCH3 is 1. The second kappa shape index (κ2) is 16.9. The molecule has 0 radical (unpaired) electrons. The van der Waals surface area contributed by atoms with Crippen molar-refractivity contribution in [1.29, 1.82) is 0 Å². The van der Waals surface area contributed by atoms with Crippen LogP contribution in [0.5, 0.6) is 5.75 Å². The Morgan fingerprint density at radius 1 is 0.927 bits per heavy atom. The molecule has 4 aromatic carbocycles. The summed E-state index contributed by atoms with van der Waals surface area (Å²) in [6.07, 6.45) is 6.42. The van der Waals surface area contributed by atoms with Gasteiger partial charge in [-0.1, -0.05) is 121 Å². The number of halogens is 4. The maximum absolute atomic E-state index is 14.5. The van der Waals surface area contributed by atoms with Crippen LogP contribution in [0, 0.1) is 0 Å². The Morgan fingerprint density at radius 3 is 2.27 bits per heavy atom. The summed E-state index contributed by atoms with van der Waals surface area (Å²) in [7, 11) is 1.71. The van der Waals surface area contributed by atoms with Crippen molar-refractivity contribution in [2.45, 2.75) is 61.6 Å². The van der Waals surface area contributed by atoms with Crippen molar-refractivity contribution in [2.24, 2.45) is 0 Å². The molecule has 1 atom stereocenters. The Labute approximate surface area is 327 Å². The molecule has 1 heterocycles. The Morgan fingerprint density at radius 2 is 1.62 bits per heavy atom. The van der Waals surface area contributed by atoms with Crippen molar-refractivity contribution < 1.29 is 27.4 Å². The number of allylic oxidation sites excluding steroid dienone is 1. The molecule has 1 unspecified atom stereocenters. The lowest BCUT2D eigenvalue weighted by molar-refractivity contribution is -0.274. The summed E-state index contributed by atoms with van der Waals surface area (Å²) in [6, 6.07) is 29.3. The zero-order chi connectivity index (χ0) is 38.4. The van der Waals surface area contributed by atoms with Gasteiger partial charge in [0.15, 0.2) is 11.0 Å². The van der Waals surface area contributed by atoms with Gasteiger partial charge in [-0.05, 0) is 84.3 Å². The Bertz CT molecular complexity index is 2160. The fourth-order valence-corrected chi connectivity index (χ4v) is 8.63. The zero-order valence-electron chi connectivity index (χ0n) is 30.2. The number of amides is 1. The first kappa shape index (κ1) is 38.4. The summed E-state index contributed by atoms with van der Waals surface area (Å²) in [5, 5.41) is 13.3. The first-order chi connectivity index (χ1) is 26.7. The number of thioether (sulfide) groups is 1. The molecule has 7 rings (SSSR count). The largest absolute Gasteiger partial charge is 0.573 e. The standard InChI is InChI=1S/C43H40ClF3N4O3S/c1-53-31-21-17-29(18-22-31)25-27-48-40(52)42(35-13-5-3-11-33(35)34-12-4-6-14-36(34)42)26-9-2-10-28-55-41-50-49-39(51(41)38-16-8-7-15-37(38)44)30-19-23-32(24-20-30)54-43(45,46)47/h3-8,11-21,23-24,31H,2,9-10,22,25-28H2,1H3,(H,48,52). The van der Waals surface area contributed by atoms with E-state index >= 15 is 0 Å². The SMILES string of the molecule is COC1C=CC(CCNC(=O)C2(CCCCCSc3nnc(-c4ccc(OC(F)(F)F)cc4)n3-c3ccccc3Cl)c3ccccc3-c3ccccc32)=CC1. The van der Waals surface area contributed by atoms with E-state index < -0.39 is 11.8 Å². The molecule has 0 saturated heterocycles. The van der Waals surface area contributed by atoms with Crippen LogP contribution >= 0.6 is 23.4 Å². The van der Waals surface area contributed by atoms with Crippen LogP contribution in [0.15, 0.2) is 126 Å². The third kappa shape index (κ3) is 8.39. The second-order valence-corrected chi connectivity index (χ2v) is 14.9. The number of fused-ring (bicyclic) bond motifs is 3. The number of nitrogens with zero attached hydrogens (tertiary/aromatic N) is 3. The quantitative estimate of drug-likeness (QED) is 0.0841. The average molecular weight is 785 g/mol. The zero-order valence-corrected chi connectivity index (χ0v) is 31.8. The van der Waals surface area contributed by atoms with Crippen molar-refractivity contribution in [3.05, 3.63) is 137 Å². The van der Waals surface area contributed by atoms with Crippen molar-refractivity contribution >= 4 is 29.3 Å². The molecule has 5 aromatic rings. The molecule has 0 saturated carbocycles. The van der Waals surface area contributed by atoms with Gasteiger partial charge in [-0.3, -0.25) is 9.36 Å². The van der Waals surface area contributed by atoms with Gasteiger partial charge in [0, 0.05) is 25.0 Å². The minimum Gasteiger partial charge on any atom is -0.406 e. The van der Waals surface area contributed by atoms with E-state index in [1.165, 1.54) is 41.6 Å². The second-order valence-electron chi connectivity index (χ2n) is 13.5. The highest BCUT2D eigenvalue weighted by molar-refractivity contribution is 7.99. The number of carbonyl (C=O) groups excluding carboxylic acids is 1. The van der Waals surface area contributed by atoms with E-state index in [0.717, 1.165) is 60.1 Å². The van der Waals surface area contributed by atoms with E-state index in [0.29, 0.717) is 40.2 Å². The van der Waals surface area contributed by atoms with Crippen molar-refractivity contribution in [1.82, 2.24) is 20.1 Å². The Hall–Kier alpha value is -4.84. The number of hydrogen-bond acceptors (Lipinski definition) is 6. The van der Waals surface area contributed by atoms with Crippen LogP contribution in [-0.2, 0) is 14.9 Å². The van der Waals surface area contributed by atoms with Crippen molar-refractivity contribution in [2.75, 3.05) is 19.4 Å². The molecule has 284 valence electrons. The van der Waals surface area contributed by atoms with E-state index in [2.05, 4.69) is 62.7 Å². The highest BCUT2D eigenvalue weighted by atomic mass is 35.5. The molecule has 1 N–H and O–H groups in total. The van der Waals surface area contributed by atoms with Gasteiger partial charge in [-0.15, -0.1) is 23.4 Å². The van der Waals surface area contributed by atoms with Gasteiger partial charge in [0.05, 0.1) is 16.8 Å². The number of hydrogen-bond donors (Lipinski definition) is 1. The molecule has 1 aromatic heterocycles. The number of unbranched alkanes of at least 4 members (excludes halogenated alkanes) is 2. The van der Waals surface area contributed by atoms with E-state index in [1.54, 1.807) is 13.2 Å². The lowest BCUT2D eigenvalue weighted by atomic mass is 9.73. The molecule has 0 bridgehead atoms. The summed E-state index contributed by atoms with van der Waals surface area (Å²) >= 11 is 8.16. The molecule has 2 aliphatic carbocycles. The molecule has 55 heavy (non-hydrogen) atoms. The summed E-state index contributed by atoms with van der Waals surface area (Å²) in [6.45, 7) is 0.537. The molecular formula is C43H40ClF3N4O3S. The highest BCUT2D eigenvalue weighted by Gasteiger charge is 2.48. The maximum Gasteiger partial charge on any atom is 0.573 e. The van der Waals surface area contributed by atoms with Gasteiger partial charge < -0.3 is 14.8 Å². The smallest absolute Gasteiger partial charge is 0.406 e. The molecule has 1 amide bonds. The van der Waals surface area contributed by atoms with E-state index in [9.17, 15) is 18.0 Å². The van der Waals surface area contributed by atoms with Gasteiger partial charge in [0.2, 0.25) is 5.91 Å². The third-order valence-corrected chi connectivity index (χ3v) is 11.4. The predicted octanol–water partition coefficient (Wildman–Crippen LogP) is 10.5. The van der Waals surface area contributed by atoms with Gasteiger partial charge in [-0.2, -0.15) is 0 Å². The van der Waals surface area contributed by atoms with E-state index in [1.807, 2.05) is 47.0 Å². The summed E-state index contributed by atoms with van der Waals surface area (Å²) in [5.41, 5.74) is 5.89. The number of para-hydroxylation sites is 1. The van der Waals surface area contributed by atoms with Crippen molar-refractivity contribution in [3.63, 3.8) is 0 Å². The fraction of sp³-hybridized carbons (Fsp3) is 0.279. The van der Waals surface area contributed by atoms with Crippen LogP contribution in [0.1, 0.15) is 49.7 Å². The molecule has 0 spiro atoms. The van der Waals surface area contributed by atoms with Crippen molar-refractivity contribution in [3.8, 4) is 34.0 Å². The number of carbonyl (C=O) groups is 1. The fourth-order valence-electron chi connectivity index (χ4n) is 7.47. The lowest BCUT2D eigenvalue weighted by Crippen LogP contribution is -2.44. The molecule has 7 nitrogen and oxygen atoms in total. The Kier molecular flexibility index (Phi) is 11.8. The summed E-state index contributed by atoms with van der Waals surface area (Å²) in [4.78, 5) is 14.5. The first-order valence-electron chi connectivity index (χ1n) is 18.2. The van der Waals surface area contributed by atoms with Gasteiger partial charge in [-0.25, -0.2) is 0 Å². The van der Waals surface area contributed by atoms with Crippen LogP contribution in [-0.4, -0.2) is 52.5 Å². The number of aromatic nitrogens is 3. The molecule has 2 aliphatic rings.